The maximum Gasteiger partial charge on any atom is 0.295 e. The van der Waals surface area contributed by atoms with Crippen molar-refractivity contribution < 1.29 is 24.2 Å². The fourth-order valence-electron chi connectivity index (χ4n) is 4.21. The number of ether oxygens (including phenoxy) is 2. The Balaban J connectivity index is 1.77. The van der Waals surface area contributed by atoms with Gasteiger partial charge < -0.3 is 19.5 Å². The average Bonchev–Trinajstić information content (AvgIpc) is 3.12. The molecule has 0 aliphatic carbocycles. The second-order valence-electron chi connectivity index (χ2n) is 8.10. The molecule has 1 saturated heterocycles. The molecule has 0 saturated carbocycles. The minimum Gasteiger partial charge on any atom is -0.507 e. The maximum atomic E-state index is 13.2. The van der Waals surface area contributed by atoms with Crippen LogP contribution in [0.2, 0.25) is 10.0 Å². The van der Waals surface area contributed by atoms with Crippen LogP contribution in [0.1, 0.15) is 22.7 Å². The van der Waals surface area contributed by atoms with Crippen molar-refractivity contribution in [2.24, 2.45) is 0 Å². The van der Waals surface area contributed by atoms with Crippen LogP contribution in [0.3, 0.4) is 0 Å². The number of aliphatic hydroxyl groups is 1. The highest BCUT2D eigenvalue weighted by Crippen LogP contribution is 2.42. The molecular formula is C27H22BrCl2NO5. The molecule has 1 N–H and O–H groups in total. The molecule has 0 unspecified atom stereocenters. The molecule has 1 heterocycles. The number of ketones is 1. The standard InChI is InChI=1S/C27H22BrCl2NO5/c1-35-21-10-3-15(13-22(21)36-2)11-12-31-24(19-9-8-18(29)14-20(19)30)23(26(33)27(31)34)25(32)16-4-6-17(28)7-5-16/h3-10,13-14,24,32H,11-12H2,1-2H3/t24-/m1/s1. The van der Waals surface area contributed by atoms with E-state index in [2.05, 4.69) is 15.9 Å². The van der Waals surface area contributed by atoms with E-state index in [9.17, 15) is 14.7 Å². The molecule has 0 bridgehead atoms. The number of benzene rings is 3. The number of carbonyl (C=O) groups is 2. The normalized spacial score (nSPS) is 16.9. The largest absolute Gasteiger partial charge is 0.507 e. The zero-order chi connectivity index (χ0) is 26.0. The molecule has 3 aromatic rings. The Morgan fingerprint density at radius 1 is 0.972 bits per heavy atom. The Morgan fingerprint density at radius 3 is 2.31 bits per heavy atom. The first kappa shape index (κ1) is 26.1. The van der Waals surface area contributed by atoms with Crippen molar-refractivity contribution in [3.05, 3.63) is 97.4 Å². The lowest BCUT2D eigenvalue weighted by Crippen LogP contribution is -2.31. The summed E-state index contributed by atoms with van der Waals surface area (Å²) in [7, 11) is 3.10. The van der Waals surface area contributed by atoms with E-state index in [4.69, 9.17) is 32.7 Å². The molecule has 0 aromatic heterocycles. The third-order valence-electron chi connectivity index (χ3n) is 6.00. The number of halogens is 3. The summed E-state index contributed by atoms with van der Waals surface area (Å²) < 4.78 is 11.5. The van der Waals surface area contributed by atoms with Crippen LogP contribution >= 0.6 is 39.1 Å². The molecule has 6 nitrogen and oxygen atoms in total. The molecule has 36 heavy (non-hydrogen) atoms. The zero-order valence-electron chi connectivity index (χ0n) is 19.4. The van der Waals surface area contributed by atoms with Gasteiger partial charge in [0.05, 0.1) is 25.8 Å². The van der Waals surface area contributed by atoms with Crippen molar-refractivity contribution in [1.29, 1.82) is 0 Å². The second kappa shape index (κ2) is 10.9. The summed E-state index contributed by atoms with van der Waals surface area (Å²) >= 11 is 16.0. The van der Waals surface area contributed by atoms with Crippen LogP contribution in [0.25, 0.3) is 5.76 Å². The molecular weight excluding hydrogens is 569 g/mol. The Hall–Kier alpha value is -3.00. The predicted molar refractivity (Wildman–Crippen MR) is 143 cm³/mol. The molecule has 1 atom stereocenters. The molecule has 9 heteroatoms. The van der Waals surface area contributed by atoms with Gasteiger partial charge in [0.15, 0.2) is 11.5 Å². The fourth-order valence-corrected chi connectivity index (χ4v) is 4.98. The highest BCUT2D eigenvalue weighted by atomic mass is 79.9. The van der Waals surface area contributed by atoms with Gasteiger partial charge >= 0.3 is 0 Å². The third-order valence-corrected chi connectivity index (χ3v) is 7.10. The van der Waals surface area contributed by atoms with Gasteiger partial charge in [0.25, 0.3) is 11.7 Å². The van der Waals surface area contributed by atoms with Crippen LogP contribution in [0, 0.1) is 0 Å². The minimum absolute atomic E-state index is 0.0288. The molecule has 186 valence electrons. The number of carbonyl (C=O) groups excluding carboxylic acids is 2. The summed E-state index contributed by atoms with van der Waals surface area (Å²) in [6.07, 6.45) is 0.424. The van der Waals surface area contributed by atoms with E-state index < -0.39 is 17.7 Å². The minimum atomic E-state index is -0.890. The third kappa shape index (κ3) is 5.09. The number of methoxy groups -OCH3 is 2. The number of Topliss-reactive ketones (excluding diaryl/α,β-unsaturated/α-hetero) is 1. The van der Waals surface area contributed by atoms with Crippen molar-refractivity contribution in [3.8, 4) is 11.5 Å². The Morgan fingerprint density at radius 2 is 1.67 bits per heavy atom. The van der Waals surface area contributed by atoms with E-state index in [0.717, 1.165) is 10.0 Å². The first-order chi connectivity index (χ1) is 17.2. The molecule has 0 spiro atoms. The Kier molecular flexibility index (Phi) is 7.93. The number of rotatable bonds is 7. The monoisotopic (exact) mass is 589 g/mol. The van der Waals surface area contributed by atoms with E-state index in [1.807, 2.05) is 12.1 Å². The summed E-state index contributed by atoms with van der Waals surface area (Å²) in [5.74, 6) is -0.622. The second-order valence-corrected chi connectivity index (χ2v) is 9.86. The fraction of sp³-hybridized carbons (Fsp3) is 0.185. The summed E-state index contributed by atoms with van der Waals surface area (Å²) in [6, 6.07) is 16.2. The average molecular weight is 591 g/mol. The van der Waals surface area contributed by atoms with Gasteiger partial charge in [-0.15, -0.1) is 0 Å². The van der Waals surface area contributed by atoms with Gasteiger partial charge in [0.1, 0.15) is 5.76 Å². The highest BCUT2D eigenvalue weighted by molar-refractivity contribution is 9.10. The van der Waals surface area contributed by atoms with Crippen LogP contribution in [0.5, 0.6) is 11.5 Å². The number of nitrogens with zero attached hydrogens (tertiary/aromatic N) is 1. The summed E-state index contributed by atoms with van der Waals surface area (Å²) in [5, 5.41) is 11.9. The van der Waals surface area contributed by atoms with E-state index >= 15 is 0 Å². The molecule has 1 aliphatic heterocycles. The van der Waals surface area contributed by atoms with Crippen LogP contribution in [-0.2, 0) is 16.0 Å². The number of likely N-dealkylation sites (tertiary alicyclic amines) is 1. The van der Waals surface area contributed by atoms with Crippen LogP contribution in [0.15, 0.2) is 70.7 Å². The summed E-state index contributed by atoms with van der Waals surface area (Å²) in [6.45, 7) is 0.195. The maximum absolute atomic E-state index is 13.2. The van der Waals surface area contributed by atoms with Crippen molar-refractivity contribution in [2.45, 2.75) is 12.5 Å². The number of hydrogen-bond acceptors (Lipinski definition) is 5. The summed E-state index contributed by atoms with van der Waals surface area (Å²) in [5.41, 5.74) is 1.75. The van der Waals surface area contributed by atoms with Crippen LogP contribution in [-0.4, -0.2) is 42.5 Å². The van der Waals surface area contributed by atoms with Gasteiger partial charge in [-0.2, -0.15) is 0 Å². The molecule has 1 aliphatic rings. The van der Waals surface area contributed by atoms with Gasteiger partial charge in [-0.25, -0.2) is 0 Å². The first-order valence-electron chi connectivity index (χ1n) is 10.9. The first-order valence-corrected chi connectivity index (χ1v) is 12.5. The lowest BCUT2D eigenvalue weighted by Gasteiger charge is -2.26. The molecule has 3 aromatic carbocycles. The Bertz CT molecular complexity index is 1360. The van der Waals surface area contributed by atoms with E-state index in [1.165, 1.54) is 4.90 Å². The van der Waals surface area contributed by atoms with Crippen LogP contribution < -0.4 is 9.47 Å². The Labute approximate surface area is 227 Å². The quantitative estimate of drug-likeness (QED) is 0.195. The zero-order valence-corrected chi connectivity index (χ0v) is 22.5. The summed E-state index contributed by atoms with van der Waals surface area (Å²) in [4.78, 5) is 27.9. The van der Waals surface area contributed by atoms with Crippen LogP contribution in [0.4, 0.5) is 0 Å². The van der Waals surface area contributed by atoms with Gasteiger partial charge in [0, 0.05) is 26.6 Å². The van der Waals surface area contributed by atoms with Crippen molar-refractivity contribution >= 4 is 56.6 Å². The molecule has 1 fully saturated rings. The smallest absolute Gasteiger partial charge is 0.295 e. The topological polar surface area (TPSA) is 76.1 Å². The number of aliphatic hydroxyl groups excluding tert-OH is 1. The number of hydrogen-bond donors (Lipinski definition) is 1. The lowest BCUT2D eigenvalue weighted by molar-refractivity contribution is -0.139. The van der Waals surface area contributed by atoms with Crippen molar-refractivity contribution in [1.82, 2.24) is 4.90 Å². The van der Waals surface area contributed by atoms with E-state index in [1.54, 1.807) is 62.8 Å². The predicted octanol–water partition coefficient (Wildman–Crippen LogP) is 6.44. The lowest BCUT2D eigenvalue weighted by atomic mass is 9.95. The van der Waals surface area contributed by atoms with Crippen molar-refractivity contribution in [3.63, 3.8) is 0 Å². The van der Waals surface area contributed by atoms with Gasteiger partial charge in [0.2, 0.25) is 0 Å². The number of amides is 1. The van der Waals surface area contributed by atoms with Crippen molar-refractivity contribution in [2.75, 3.05) is 20.8 Å². The highest BCUT2D eigenvalue weighted by Gasteiger charge is 2.46. The van der Waals surface area contributed by atoms with Gasteiger partial charge in [-0.05, 0) is 53.9 Å². The van der Waals surface area contributed by atoms with E-state index in [-0.39, 0.29) is 22.9 Å². The molecule has 0 radical (unpaired) electrons. The van der Waals surface area contributed by atoms with E-state index in [0.29, 0.717) is 34.1 Å². The van der Waals surface area contributed by atoms with Gasteiger partial charge in [-0.3, -0.25) is 9.59 Å². The van der Waals surface area contributed by atoms with Gasteiger partial charge in [-0.1, -0.05) is 63.4 Å². The molecule has 4 rings (SSSR count). The SMILES string of the molecule is COc1ccc(CCN2C(=O)C(=O)C(=C(O)c3ccc(Br)cc3)[C@H]2c2ccc(Cl)cc2Cl)cc1OC. The molecule has 1 amide bonds.